The van der Waals surface area contributed by atoms with Crippen molar-refractivity contribution in [1.29, 1.82) is 0 Å². The molecule has 0 radical (unpaired) electrons. The maximum atomic E-state index is 13.3. The molecule has 0 aliphatic rings. The van der Waals surface area contributed by atoms with Crippen molar-refractivity contribution < 1.29 is 9.18 Å². The average Bonchev–Trinajstić information content (AvgIpc) is 2.40. The lowest BCUT2D eigenvalue weighted by molar-refractivity contribution is 0.101. The van der Waals surface area contributed by atoms with Gasteiger partial charge in [-0.05, 0) is 48.2 Å². The molecule has 0 fully saturated rings. The molecule has 0 aliphatic carbocycles. The van der Waals surface area contributed by atoms with Crippen LogP contribution in [0.15, 0.2) is 52.3 Å². The van der Waals surface area contributed by atoms with Crippen molar-refractivity contribution in [3.05, 3.63) is 59.4 Å². The van der Waals surface area contributed by atoms with Crippen molar-refractivity contribution in [2.24, 2.45) is 0 Å². The Morgan fingerprint density at radius 3 is 2.19 bits per heavy atom. The lowest BCUT2D eigenvalue weighted by Gasteiger charge is -2.19. The Morgan fingerprint density at radius 1 is 1.05 bits per heavy atom. The maximum absolute atomic E-state index is 13.3. The Hall–Kier alpha value is -1.61. The topological polar surface area (TPSA) is 17.1 Å². The number of benzene rings is 2. The molecule has 21 heavy (non-hydrogen) atoms. The molecule has 2 aromatic rings. The van der Waals surface area contributed by atoms with Crippen LogP contribution in [0.1, 0.15) is 43.6 Å². The number of carbonyl (C=O) groups is 1. The van der Waals surface area contributed by atoms with E-state index in [1.165, 1.54) is 36.4 Å². The highest BCUT2D eigenvalue weighted by atomic mass is 32.2. The van der Waals surface area contributed by atoms with Gasteiger partial charge in [-0.3, -0.25) is 4.79 Å². The molecule has 0 aliphatic heterocycles. The van der Waals surface area contributed by atoms with Gasteiger partial charge in [-0.15, -0.1) is 0 Å². The van der Waals surface area contributed by atoms with Crippen LogP contribution in [0, 0.1) is 5.82 Å². The molecule has 0 N–H and O–H groups in total. The third-order valence-corrected chi connectivity index (χ3v) is 4.35. The number of ketones is 1. The van der Waals surface area contributed by atoms with E-state index in [0.29, 0.717) is 5.56 Å². The third kappa shape index (κ3) is 3.94. The monoisotopic (exact) mass is 302 g/mol. The van der Waals surface area contributed by atoms with Gasteiger partial charge in [-0.1, -0.05) is 44.7 Å². The molecule has 0 saturated heterocycles. The fourth-order valence-electron chi connectivity index (χ4n) is 2.02. The van der Waals surface area contributed by atoms with Crippen LogP contribution in [0.25, 0.3) is 0 Å². The predicted octanol–water partition coefficient (Wildman–Crippen LogP) is 5.48. The van der Waals surface area contributed by atoms with E-state index >= 15 is 0 Å². The second-order valence-electron chi connectivity index (χ2n) is 6.07. The van der Waals surface area contributed by atoms with E-state index in [1.807, 2.05) is 12.1 Å². The largest absolute Gasteiger partial charge is 0.294 e. The fourth-order valence-corrected chi connectivity index (χ4v) is 2.99. The van der Waals surface area contributed by atoms with E-state index in [0.717, 1.165) is 9.79 Å². The van der Waals surface area contributed by atoms with Crippen molar-refractivity contribution in [2.45, 2.75) is 42.9 Å². The van der Waals surface area contributed by atoms with Crippen molar-refractivity contribution >= 4 is 17.5 Å². The number of carbonyl (C=O) groups excluding carboxylic acids is 1. The van der Waals surface area contributed by atoms with Crippen molar-refractivity contribution in [3.63, 3.8) is 0 Å². The van der Waals surface area contributed by atoms with Crippen LogP contribution in [0.4, 0.5) is 4.39 Å². The van der Waals surface area contributed by atoms with Crippen LogP contribution in [0.5, 0.6) is 0 Å². The van der Waals surface area contributed by atoms with E-state index in [2.05, 4.69) is 32.9 Å². The van der Waals surface area contributed by atoms with Crippen molar-refractivity contribution in [2.75, 3.05) is 0 Å². The minimum absolute atomic E-state index is 0.115. The Balaban J connectivity index is 2.28. The summed E-state index contributed by atoms with van der Waals surface area (Å²) in [5.41, 5.74) is 1.81. The van der Waals surface area contributed by atoms with Crippen molar-refractivity contribution in [1.82, 2.24) is 0 Å². The van der Waals surface area contributed by atoms with Crippen LogP contribution in [0.3, 0.4) is 0 Å². The Morgan fingerprint density at radius 2 is 1.67 bits per heavy atom. The summed E-state index contributed by atoms with van der Waals surface area (Å²) >= 11 is 1.48. The van der Waals surface area contributed by atoms with E-state index < -0.39 is 0 Å². The average molecular weight is 302 g/mol. The van der Waals surface area contributed by atoms with Gasteiger partial charge in [-0.25, -0.2) is 4.39 Å². The van der Waals surface area contributed by atoms with Gasteiger partial charge in [0.15, 0.2) is 5.78 Å². The molecule has 3 heteroatoms. The summed E-state index contributed by atoms with van der Waals surface area (Å²) in [6.45, 7) is 7.97. The minimum Gasteiger partial charge on any atom is -0.294 e. The zero-order chi connectivity index (χ0) is 15.6. The van der Waals surface area contributed by atoms with Crippen LogP contribution < -0.4 is 0 Å². The first-order valence-electron chi connectivity index (χ1n) is 6.86. The lowest BCUT2D eigenvalue weighted by atomic mass is 9.87. The highest BCUT2D eigenvalue weighted by Crippen LogP contribution is 2.32. The first-order chi connectivity index (χ1) is 9.77. The zero-order valence-electron chi connectivity index (χ0n) is 12.7. The van der Waals surface area contributed by atoms with E-state index in [-0.39, 0.29) is 17.0 Å². The highest BCUT2D eigenvalue weighted by Gasteiger charge is 2.14. The number of Topliss-reactive ketones (excluding diaryl/α,β-unsaturated/α-hetero) is 1. The second-order valence-corrected chi connectivity index (χ2v) is 7.19. The molecule has 0 spiro atoms. The molecule has 0 atom stereocenters. The molecular weight excluding hydrogens is 283 g/mol. The van der Waals surface area contributed by atoms with E-state index in [4.69, 9.17) is 0 Å². The smallest absolute Gasteiger partial charge is 0.161 e. The molecule has 0 aromatic heterocycles. The van der Waals surface area contributed by atoms with Crippen molar-refractivity contribution in [3.8, 4) is 0 Å². The van der Waals surface area contributed by atoms with Gasteiger partial charge >= 0.3 is 0 Å². The Kier molecular flexibility index (Phi) is 4.52. The van der Waals surface area contributed by atoms with Gasteiger partial charge in [-0.2, -0.15) is 0 Å². The summed E-state index contributed by atoms with van der Waals surface area (Å²) in [4.78, 5) is 13.4. The second kappa shape index (κ2) is 6.02. The Labute approximate surface area is 129 Å². The zero-order valence-corrected chi connectivity index (χ0v) is 13.6. The van der Waals surface area contributed by atoms with Gasteiger partial charge in [0, 0.05) is 15.4 Å². The standard InChI is InChI=1S/C18H19FOS/c1-12(20)16-11-14(19)7-10-17(16)21-15-8-5-13(6-9-15)18(2,3)4/h5-11H,1-4H3. The van der Waals surface area contributed by atoms with E-state index in [1.54, 1.807) is 6.07 Å². The van der Waals surface area contributed by atoms with Gasteiger partial charge in [0.05, 0.1) is 0 Å². The summed E-state index contributed by atoms with van der Waals surface area (Å²) in [7, 11) is 0. The normalized spacial score (nSPS) is 11.5. The minimum atomic E-state index is -0.382. The molecule has 0 unspecified atom stereocenters. The first kappa shape index (κ1) is 15.8. The molecule has 0 saturated carbocycles. The predicted molar refractivity (Wildman–Crippen MR) is 85.7 cm³/mol. The lowest BCUT2D eigenvalue weighted by Crippen LogP contribution is -2.10. The first-order valence-corrected chi connectivity index (χ1v) is 7.68. The molecule has 0 heterocycles. The molecule has 0 amide bonds. The number of rotatable bonds is 3. The summed E-state index contributed by atoms with van der Waals surface area (Å²) < 4.78 is 13.3. The van der Waals surface area contributed by atoms with Crippen LogP contribution in [-0.4, -0.2) is 5.78 Å². The molecule has 0 bridgehead atoms. The summed E-state index contributed by atoms with van der Waals surface area (Å²) in [6.07, 6.45) is 0. The Bertz CT molecular complexity index is 654. The molecular formula is C18H19FOS. The maximum Gasteiger partial charge on any atom is 0.161 e. The third-order valence-electron chi connectivity index (χ3n) is 3.27. The van der Waals surface area contributed by atoms with Gasteiger partial charge in [0.25, 0.3) is 0 Å². The van der Waals surface area contributed by atoms with Crippen LogP contribution in [0.2, 0.25) is 0 Å². The van der Waals surface area contributed by atoms with Crippen LogP contribution in [-0.2, 0) is 5.41 Å². The van der Waals surface area contributed by atoms with Gasteiger partial charge in [0.1, 0.15) is 5.82 Å². The molecule has 110 valence electrons. The number of halogens is 1. The molecule has 2 aromatic carbocycles. The summed E-state index contributed by atoms with van der Waals surface area (Å²) in [5.74, 6) is -0.504. The van der Waals surface area contributed by atoms with Gasteiger partial charge < -0.3 is 0 Å². The quantitative estimate of drug-likeness (QED) is 0.699. The fraction of sp³-hybridized carbons (Fsp3) is 0.278. The number of hydrogen-bond acceptors (Lipinski definition) is 2. The number of hydrogen-bond donors (Lipinski definition) is 0. The summed E-state index contributed by atoms with van der Waals surface area (Å²) in [6, 6.07) is 12.6. The SMILES string of the molecule is CC(=O)c1cc(F)ccc1Sc1ccc(C(C)(C)C)cc1. The van der Waals surface area contributed by atoms with Crippen LogP contribution >= 0.6 is 11.8 Å². The molecule has 1 nitrogen and oxygen atoms in total. The molecule has 2 rings (SSSR count). The summed E-state index contributed by atoms with van der Waals surface area (Å²) in [5, 5.41) is 0. The van der Waals surface area contributed by atoms with E-state index in [9.17, 15) is 9.18 Å². The highest BCUT2D eigenvalue weighted by molar-refractivity contribution is 7.99. The van der Waals surface area contributed by atoms with Gasteiger partial charge in [0.2, 0.25) is 0 Å².